The molecule has 1 rings (SSSR count). The van der Waals surface area contributed by atoms with Crippen molar-refractivity contribution in [1.29, 1.82) is 0 Å². The minimum atomic E-state index is -0.919. The lowest BCUT2D eigenvalue weighted by Gasteiger charge is -2.31. The van der Waals surface area contributed by atoms with Crippen molar-refractivity contribution in [3.8, 4) is 0 Å². The first-order chi connectivity index (χ1) is 5.96. The molecular formula is C7H12N2O3S. The Balaban J connectivity index is 2.75. The van der Waals surface area contributed by atoms with Crippen molar-refractivity contribution in [3.05, 3.63) is 0 Å². The fraction of sp³-hybridized carbons (Fsp3) is 0.714. The molecular weight excluding hydrogens is 192 g/mol. The second kappa shape index (κ2) is 3.45. The average Bonchev–Trinajstić information content (AvgIpc) is 2.28. The van der Waals surface area contributed by atoms with Gasteiger partial charge >= 0.3 is 12.0 Å². The van der Waals surface area contributed by atoms with Crippen LogP contribution in [0.5, 0.6) is 0 Å². The van der Waals surface area contributed by atoms with Crippen molar-refractivity contribution in [2.24, 2.45) is 5.73 Å². The van der Waals surface area contributed by atoms with Gasteiger partial charge < -0.3 is 10.5 Å². The lowest BCUT2D eigenvalue weighted by molar-refractivity contribution is -0.155. The number of amides is 2. The van der Waals surface area contributed by atoms with Crippen molar-refractivity contribution < 1.29 is 14.3 Å². The molecule has 13 heavy (non-hydrogen) atoms. The molecule has 0 saturated carbocycles. The largest absolute Gasteiger partial charge is 0.429 e. The normalized spacial score (nSPS) is 27.4. The Hall–Kier alpha value is -0.910. The monoisotopic (exact) mass is 204 g/mol. The highest BCUT2D eigenvalue weighted by Gasteiger charge is 2.42. The summed E-state index contributed by atoms with van der Waals surface area (Å²) in [7, 11) is 0. The average molecular weight is 204 g/mol. The molecule has 1 heterocycles. The number of esters is 1. The van der Waals surface area contributed by atoms with Gasteiger partial charge in [-0.15, -0.1) is 0 Å². The van der Waals surface area contributed by atoms with Crippen LogP contribution in [-0.2, 0) is 9.53 Å². The van der Waals surface area contributed by atoms with E-state index in [4.69, 9.17) is 10.5 Å². The second-order valence-electron chi connectivity index (χ2n) is 2.83. The van der Waals surface area contributed by atoms with Gasteiger partial charge in [0.1, 0.15) is 0 Å². The highest BCUT2D eigenvalue weighted by atomic mass is 32.2. The number of carbonyl (C=O) groups is 2. The van der Waals surface area contributed by atoms with Crippen LogP contribution in [0.3, 0.4) is 0 Å². The smallest absolute Gasteiger partial charge is 0.318 e. The molecule has 2 amide bonds. The third-order valence-electron chi connectivity index (χ3n) is 1.77. The van der Waals surface area contributed by atoms with Crippen LogP contribution < -0.4 is 5.73 Å². The highest BCUT2D eigenvalue weighted by molar-refractivity contribution is 8.00. The number of ether oxygens (including phenoxy) is 1. The molecule has 1 fully saturated rings. The molecule has 74 valence electrons. The van der Waals surface area contributed by atoms with E-state index in [0.717, 1.165) is 5.75 Å². The molecule has 0 aliphatic carbocycles. The Labute approximate surface area is 80.6 Å². The summed E-state index contributed by atoms with van der Waals surface area (Å²) in [5, 5.41) is -0.919. The number of nitrogens with zero attached hydrogens (tertiary/aromatic N) is 1. The summed E-state index contributed by atoms with van der Waals surface area (Å²) >= 11 is 1.39. The van der Waals surface area contributed by atoms with E-state index in [1.807, 2.05) is 0 Å². The van der Waals surface area contributed by atoms with Crippen LogP contribution in [0.4, 0.5) is 4.79 Å². The number of urea groups is 1. The number of primary amides is 1. The SMILES string of the molecule is CC(=O)O[C@]1(C)SCCN1C(N)=O. The summed E-state index contributed by atoms with van der Waals surface area (Å²) in [4.78, 5) is 23.0. The van der Waals surface area contributed by atoms with E-state index in [1.54, 1.807) is 6.92 Å². The molecule has 1 saturated heterocycles. The zero-order valence-electron chi connectivity index (χ0n) is 7.57. The predicted molar refractivity (Wildman–Crippen MR) is 48.9 cm³/mol. The molecule has 0 aromatic carbocycles. The number of rotatable bonds is 1. The molecule has 0 aromatic heterocycles. The van der Waals surface area contributed by atoms with E-state index in [2.05, 4.69) is 0 Å². The summed E-state index contributed by atoms with van der Waals surface area (Å²) in [6, 6.07) is -0.561. The minimum Gasteiger partial charge on any atom is -0.429 e. The Bertz CT molecular complexity index is 246. The van der Waals surface area contributed by atoms with Gasteiger partial charge in [-0.1, -0.05) is 11.8 Å². The van der Waals surface area contributed by atoms with Crippen molar-refractivity contribution in [1.82, 2.24) is 4.90 Å². The third kappa shape index (κ3) is 2.06. The van der Waals surface area contributed by atoms with Crippen LogP contribution in [0.2, 0.25) is 0 Å². The van der Waals surface area contributed by atoms with Gasteiger partial charge in [0.2, 0.25) is 5.06 Å². The van der Waals surface area contributed by atoms with Crippen LogP contribution in [0.25, 0.3) is 0 Å². The maximum Gasteiger partial charge on any atom is 0.318 e. The van der Waals surface area contributed by atoms with Crippen LogP contribution in [-0.4, -0.2) is 34.3 Å². The minimum absolute atomic E-state index is 0.414. The number of carbonyl (C=O) groups excluding carboxylic acids is 2. The maximum atomic E-state index is 10.9. The second-order valence-corrected chi connectivity index (χ2v) is 4.28. The van der Waals surface area contributed by atoms with Gasteiger partial charge in [0.05, 0.1) is 0 Å². The summed E-state index contributed by atoms with van der Waals surface area (Å²) in [5.74, 6) is 0.315. The van der Waals surface area contributed by atoms with Crippen molar-refractivity contribution in [2.45, 2.75) is 18.9 Å². The predicted octanol–water partition coefficient (Wildman–Crippen LogP) is 0.351. The van der Waals surface area contributed by atoms with E-state index in [0.29, 0.717) is 6.54 Å². The van der Waals surface area contributed by atoms with Gasteiger partial charge in [-0.25, -0.2) is 4.79 Å². The standard InChI is InChI=1S/C7H12N2O3S/c1-5(10)12-7(2)9(6(8)11)3-4-13-7/h3-4H2,1-2H3,(H2,8,11)/t7-/m1/s1. The molecule has 0 bridgehead atoms. The molecule has 0 unspecified atom stereocenters. The summed E-state index contributed by atoms with van der Waals surface area (Å²) in [5.41, 5.74) is 5.13. The zero-order valence-corrected chi connectivity index (χ0v) is 8.39. The number of nitrogens with two attached hydrogens (primary N) is 1. The van der Waals surface area contributed by atoms with E-state index in [-0.39, 0.29) is 0 Å². The number of thioether (sulfide) groups is 1. The molecule has 2 N–H and O–H groups in total. The fourth-order valence-electron chi connectivity index (χ4n) is 1.27. The number of hydrogen-bond donors (Lipinski definition) is 1. The summed E-state index contributed by atoms with van der Waals surface area (Å²) in [6.07, 6.45) is 0. The first-order valence-corrected chi connectivity index (χ1v) is 4.85. The zero-order chi connectivity index (χ0) is 10.1. The van der Waals surface area contributed by atoms with Gasteiger partial charge in [-0.2, -0.15) is 0 Å². The lowest BCUT2D eigenvalue weighted by atomic mass is 10.5. The van der Waals surface area contributed by atoms with E-state index < -0.39 is 17.1 Å². The highest BCUT2D eigenvalue weighted by Crippen LogP contribution is 2.36. The van der Waals surface area contributed by atoms with Crippen LogP contribution in [0.1, 0.15) is 13.8 Å². The number of hydrogen-bond acceptors (Lipinski definition) is 4. The molecule has 1 aliphatic heterocycles. The third-order valence-corrected chi connectivity index (χ3v) is 3.00. The first-order valence-electron chi connectivity index (χ1n) is 3.86. The van der Waals surface area contributed by atoms with Gasteiger partial charge in [-0.3, -0.25) is 9.69 Å². The fourth-order valence-corrected chi connectivity index (χ4v) is 2.43. The quantitative estimate of drug-likeness (QED) is 0.625. The van der Waals surface area contributed by atoms with Crippen LogP contribution >= 0.6 is 11.8 Å². The Morgan fingerprint density at radius 1 is 1.62 bits per heavy atom. The van der Waals surface area contributed by atoms with Gasteiger partial charge in [0.15, 0.2) is 0 Å². The summed E-state index contributed by atoms with van der Waals surface area (Å²) in [6.45, 7) is 3.49. The Morgan fingerprint density at radius 3 is 2.69 bits per heavy atom. The topological polar surface area (TPSA) is 72.6 Å². The van der Waals surface area contributed by atoms with Gasteiger partial charge in [-0.05, 0) is 0 Å². The van der Waals surface area contributed by atoms with E-state index in [1.165, 1.54) is 23.6 Å². The Kier molecular flexibility index (Phi) is 2.70. The van der Waals surface area contributed by atoms with Gasteiger partial charge in [0, 0.05) is 26.1 Å². The van der Waals surface area contributed by atoms with Crippen LogP contribution in [0.15, 0.2) is 0 Å². The maximum absolute atomic E-state index is 10.9. The van der Waals surface area contributed by atoms with E-state index >= 15 is 0 Å². The molecule has 5 nitrogen and oxygen atoms in total. The molecule has 0 aromatic rings. The lowest BCUT2D eigenvalue weighted by Crippen LogP contribution is -2.48. The molecule has 1 aliphatic rings. The molecule has 0 spiro atoms. The Morgan fingerprint density at radius 2 is 2.23 bits per heavy atom. The van der Waals surface area contributed by atoms with Gasteiger partial charge in [0.25, 0.3) is 0 Å². The van der Waals surface area contributed by atoms with E-state index in [9.17, 15) is 9.59 Å². The molecule has 0 radical (unpaired) electrons. The summed E-state index contributed by atoms with van der Waals surface area (Å²) < 4.78 is 5.02. The van der Waals surface area contributed by atoms with Crippen LogP contribution in [0, 0.1) is 0 Å². The van der Waals surface area contributed by atoms with Crippen molar-refractivity contribution in [3.63, 3.8) is 0 Å². The molecule has 1 atom stereocenters. The van der Waals surface area contributed by atoms with Crippen molar-refractivity contribution in [2.75, 3.05) is 12.3 Å². The van der Waals surface area contributed by atoms with Crippen molar-refractivity contribution >= 4 is 23.8 Å². The first kappa shape index (κ1) is 10.2. The molecule has 6 heteroatoms.